The molecule has 144 valence electrons. The molecule has 0 aromatic carbocycles. The van der Waals surface area contributed by atoms with Crippen molar-refractivity contribution in [1.82, 2.24) is 14.2 Å². The Morgan fingerprint density at radius 1 is 1.27 bits per heavy atom. The van der Waals surface area contributed by atoms with Crippen molar-refractivity contribution >= 4 is 11.9 Å². The van der Waals surface area contributed by atoms with Gasteiger partial charge in [-0.1, -0.05) is 0 Å². The Bertz CT molecular complexity index is 664. The summed E-state index contributed by atoms with van der Waals surface area (Å²) < 4.78 is 46.2. The van der Waals surface area contributed by atoms with Crippen LogP contribution in [0.1, 0.15) is 31.2 Å². The third-order valence-corrected chi connectivity index (χ3v) is 6.88. The van der Waals surface area contributed by atoms with Crippen LogP contribution in [0.2, 0.25) is 0 Å². The van der Waals surface area contributed by atoms with Gasteiger partial charge < -0.3 is 4.74 Å². The van der Waals surface area contributed by atoms with Crippen LogP contribution < -0.4 is 0 Å². The van der Waals surface area contributed by atoms with Gasteiger partial charge in [0.05, 0.1) is 11.8 Å². The highest BCUT2D eigenvalue weighted by Crippen LogP contribution is 2.46. The lowest BCUT2D eigenvalue weighted by Crippen LogP contribution is -2.72. The van der Waals surface area contributed by atoms with Crippen molar-refractivity contribution in [3.63, 3.8) is 0 Å². The fraction of sp³-hybridized carbons (Fsp3) is 0.722. The van der Waals surface area contributed by atoms with E-state index in [1.165, 1.54) is 24.4 Å². The Kier molecular flexibility index (Phi) is 4.74. The number of likely N-dealkylation sites (tertiary alicyclic amines) is 1. The second-order valence-corrected chi connectivity index (χ2v) is 9.00. The predicted octanol–water partition coefficient (Wildman–Crippen LogP) is 3.60. The van der Waals surface area contributed by atoms with Gasteiger partial charge in [0.25, 0.3) is 0 Å². The van der Waals surface area contributed by atoms with Crippen molar-refractivity contribution in [2.45, 2.75) is 49.9 Å². The van der Waals surface area contributed by atoms with E-state index >= 15 is 0 Å². The molecule has 3 aliphatic heterocycles. The van der Waals surface area contributed by atoms with Gasteiger partial charge in [0, 0.05) is 49.1 Å². The molecule has 26 heavy (non-hydrogen) atoms. The topological polar surface area (TPSA) is 28.6 Å². The van der Waals surface area contributed by atoms with Crippen LogP contribution in [0, 0.1) is 12.3 Å². The highest BCUT2D eigenvalue weighted by molar-refractivity contribution is 7.97. The second-order valence-electron chi connectivity index (χ2n) is 7.86. The SMILES string of the molecule is Cc1nc(C(F)(F)F)ccc1SN1CC2(C1)CN(C(C)C1CCCO1)C2. The first-order valence-electron chi connectivity index (χ1n) is 9.09. The number of rotatable bonds is 4. The number of hydrogen-bond donors (Lipinski definition) is 0. The number of ether oxygens (including phenoxy) is 1. The van der Waals surface area contributed by atoms with E-state index in [-0.39, 0.29) is 0 Å². The molecule has 1 aromatic rings. The molecular formula is C18H24F3N3OS. The summed E-state index contributed by atoms with van der Waals surface area (Å²) in [5, 5.41) is 0. The summed E-state index contributed by atoms with van der Waals surface area (Å²) in [5.41, 5.74) is -0.0298. The molecule has 0 bridgehead atoms. The van der Waals surface area contributed by atoms with Gasteiger partial charge in [-0.15, -0.1) is 0 Å². The molecule has 0 amide bonds. The van der Waals surface area contributed by atoms with E-state index in [1.807, 2.05) is 0 Å². The molecule has 2 atom stereocenters. The highest BCUT2D eigenvalue weighted by Gasteiger charge is 2.53. The number of alkyl halides is 3. The maximum atomic E-state index is 12.7. The molecule has 2 unspecified atom stereocenters. The summed E-state index contributed by atoms with van der Waals surface area (Å²) in [6.45, 7) is 8.93. The first-order valence-corrected chi connectivity index (χ1v) is 9.87. The molecular weight excluding hydrogens is 363 g/mol. The molecule has 4 nitrogen and oxygen atoms in total. The smallest absolute Gasteiger partial charge is 0.377 e. The fourth-order valence-corrected chi connectivity index (χ4v) is 5.49. The number of nitrogens with zero attached hydrogens (tertiary/aromatic N) is 3. The van der Waals surface area contributed by atoms with Gasteiger partial charge in [-0.05, 0) is 50.8 Å². The third kappa shape index (κ3) is 3.48. The van der Waals surface area contributed by atoms with Crippen LogP contribution in [0.3, 0.4) is 0 Å². The number of hydrogen-bond acceptors (Lipinski definition) is 5. The van der Waals surface area contributed by atoms with Gasteiger partial charge in [0.15, 0.2) is 0 Å². The van der Waals surface area contributed by atoms with Crippen LogP contribution in [0.4, 0.5) is 13.2 Å². The molecule has 3 saturated heterocycles. The van der Waals surface area contributed by atoms with Crippen LogP contribution in [0.5, 0.6) is 0 Å². The summed E-state index contributed by atoms with van der Waals surface area (Å²) in [4.78, 5) is 7.02. The van der Waals surface area contributed by atoms with E-state index in [0.717, 1.165) is 50.2 Å². The minimum Gasteiger partial charge on any atom is -0.377 e. The Morgan fingerprint density at radius 2 is 2.00 bits per heavy atom. The molecule has 4 heterocycles. The standard InChI is InChI=1S/C18H24F3N3OS/c1-12-15(5-6-16(22-12)18(19,20)21)26-24-10-17(11-24)8-23(9-17)13(2)14-4-3-7-25-14/h5-6,13-14H,3-4,7-11H2,1-2H3. The Labute approximate surface area is 156 Å². The fourth-order valence-electron chi connectivity index (χ4n) is 4.23. The number of pyridine rings is 1. The lowest BCUT2D eigenvalue weighted by atomic mass is 9.73. The largest absolute Gasteiger partial charge is 0.433 e. The summed E-state index contributed by atoms with van der Waals surface area (Å²) >= 11 is 1.52. The van der Waals surface area contributed by atoms with Gasteiger partial charge in [-0.25, -0.2) is 9.29 Å². The highest BCUT2D eigenvalue weighted by atomic mass is 32.2. The van der Waals surface area contributed by atoms with Gasteiger partial charge >= 0.3 is 6.18 Å². The van der Waals surface area contributed by atoms with Crippen molar-refractivity contribution in [1.29, 1.82) is 0 Å². The summed E-state index contributed by atoms with van der Waals surface area (Å²) in [6, 6.07) is 3.08. The maximum Gasteiger partial charge on any atom is 0.433 e. The summed E-state index contributed by atoms with van der Waals surface area (Å²) in [6.07, 6.45) is -1.69. The summed E-state index contributed by atoms with van der Waals surface area (Å²) in [5.74, 6) is 0. The van der Waals surface area contributed by atoms with Gasteiger partial charge in [-0.3, -0.25) is 4.90 Å². The molecule has 3 aliphatic rings. The van der Waals surface area contributed by atoms with Crippen molar-refractivity contribution in [3.05, 3.63) is 23.5 Å². The lowest BCUT2D eigenvalue weighted by Gasteiger charge is -2.61. The van der Waals surface area contributed by atoms with E-state index in [1.54, 1.807) is 6.92 Å². The Morgan fingerprint density at radius 3 is 2.58 bits per heavy atom. The molecule has 0 aliphatic carbocycles. The quantitative estimate of drug-likeness (QED) is 0.737. The second kappa shape index (κ2) is 6.65. The first kappa shape index (κ1) is 18.5. The predicted molar refractivity (Wildman–Crippen MR) is 93.8 cm³/mol. The van der Waals surface area contributed by atoms with Crippen LogP contribution in [0.25, 0.3) is 0 Å². The van der Waals surface area contributed by atoms with Crippen LogP contribution in [0.15, 0.2) is 17.0 Å². The average molecular weight is 387 g/mol. The Hall–Kier alpha value is -0.830. The molecule has 4 rings (SSSR count). The summed E-state index contributed by atoms with van der Waals surface area (Å²) in [7, 11) is 0. The third-order valence-electron chi connectivity index (χ3n) is 5.73. The van der Waals surface area contributed by atoms with Crippen LogP contribution >= 0.6 is 11.9 Å². The molecule has 0 N–H and O–H groups in total. The Balaban J connectivity index is 1.27. The normalized spacial score (nSPS) is 27.3. The lowest BCUT2D eigenvalue weighted by molar-refractivity contribution is -0.141. The monoisotopic (exact) mass is 387 g/mol. The molecule has 3 fully saturated rings. The van der Waals surface area contributed by atoms with Gasteiger partial charge in [0.1, 0.15) is 5.69 Å². The van der Waals surface area contributed by atoms with Crippen molar-refractivity contribution in [3.8, 4) is 0 Å². The number of aromatic nitrogens is 1. The maximum absolute atomic E-state index is 12.7. The minimum atomic E-state index is -4.39. The molecule has 1 spiro atoms. The first-order chi connectivity index (χ1) is 12.3. The van der Waals surface area contributed by atoms with Crippen molar-refractivity contribution < 1.29 is 17.9 Å². The van der Waals surface area contributed by atoms with E-state index in [4.69, 9.17) is 4.74 Å². The van der Waals surface area contributed by atoms with Crippen LogP contribution in [-0.2, 0) is 10.9 Å². The zero-order chi connectivity index (χ0) is 18.5. The van der Waals surface area contributed by atoms with E-state index in [0.29, 0.717) is 23.3 Å². The molecule has 0 radical (unpaired) electrons. The zero-order valence-electron chi connectivity index (χ0n) is 15.1. The van der Waals surface area contributed by atoms with Crippen LogP contribution in [-0.4, -0.2) is 59.1 Å². The van der Waals surface area contributed by atoms with E-state index < -0.39 is 11.9 Å². The average Bonchev–Trinajstić information content (AvgIpc) is 3.02. The minimum absolute atomic E-state index is 0.354. The van der Waals surface area contributed by atoms with E-state index in [2.05, 4.69) is 21.1 Å². The number of halogens is 3. The van der Waals surface area contributed by atoms with Crippen molar-refractivity contribution in [2.75, 3.05) is 32.8 Å². The molecule has 1 aromatic heterocycles. The zero-order valence-corrected chi connectivity index (χ0v) is 15.9. The molecule has 8 heteroatoms. The van der Waals surface area contributed by atoms with Gasteiger partial charge in [-0.2, -0.15) is 13.2 Å². The number of aryl methyl sites for hydroxylation is 1. The molecule has 0 saturated carbocycles. The van der Waals surface area contributed by atoms with E-state index in [9.17, 15) is 13.2 Å². The van der Waals surface area contributed by atoms with Gasteiger partial charge in [0.2, 0.25) is 0 Å². The van der Waals surface area contributed by atoms with Crippen molar-refractivity contribution in [2.24, 2.45) is 5.41 Å².